The summed E-state index contributed by atoms with van der Waals surface area (Å²) in [5, 5.41) is 3.30. The number of nitrogens with zero attached hydrogens (tertiary/aromatic N) is 1. The molecular formula is C16H23ClN2O4. The summed E-state index contributed by atoms with van der Waals surface area (Å²) < 4.78 is 9.99. The van der Waals surface area contributed by atoms with Crippen LogP contribution in [0.1, 0.15) is 16.8 Å². The number of benzene rings is 1. The Morgan fingerprint density at radius 3 is 2.17 bits per heavy atom. The van der Waals surface area contributed by atoms with Crippen molar-refractivity contribution in [2.24, 2.45) is 0 Å². The van der Waals surface area contributed by atoms with Crippen LogP contribution in [0.5, 0.6) is 0 Å². The standard InChI is InChI=1S/C16H23ClN2O4/c1-22-11-9-19(10-12-23-2)15(20)7-8-18-16(21)13-3-5-14(17)6-4-13/h3-6H,7-12H2,1-2H3,(H,18,21). The van der Waals surface area contributed by atoms with Crippen molar-refractivity contribution >= 4 is 23.4 Å². The number of hydrogen-bond acceptors (Lipinski definition) is 4. The van der Waals surface area contributed by atoms with E-state index in [1.165, 1.54) is 0 Å². The van der Waals surface area contributed by atoms with Crippen LogP contribution in [0.2, 0.25) is 5.02 Å². The van der Waals surface area contributed by atoms with Crippen LogP contribution >= 0.6 is 11.6 Å². The van der Waals surface area contributed by atoms with Crippen molar-refractivity contribution in [3.05, 3.63) is 34.9 Å². The SMILES string of the molecule is COCCN(CCOC)C(=O)CCNC(=O)c1ccc(Cl)cc1. The predicted molar refractivity (Wildman–Crippen MR) is 88.7 cm³/mol. The van der Waals surface area contributed by atoms with Crippen molar-refractivity contribution in [3.63, 3.8) is 0 Å². The maximum atomic E-state index is 12.2. The zero-order valence-electron chi connectivity index (χ0n) is 13.5. The number of carbonyl (C=O) groups is 2. The van der Waals surface area contributed by atoms with Gasteiger partial charge in [0, 0.05) is 50.9 Å². The summed E-state index contributed by atoms with van der Waals surface area (Å²) in [5.74, 6) is -0.273. The summed E-state index contributed by atoms with van der Waals surface area (Å²) in [6.45, 7) is 2.21. The maximum Gasteiger partial charge on any atom is 0.251 e. The van der Waals surface area contributed by atoms with Gasteiger partial charge in [-0.2, -0.15) is 0 Å². The first-order valence-electron chi connectivity index (χ1n) is 7.38. The number of halogens is 1. The summed E-state index contributed by atoms with van der Waals surface area (Å²) in [6, 6.07) is 6.59. The van der Waals surface area contributed by atoms with Gasteiger partial charge in [-0.1, -0.05) is 11.6 Å². The Morgan fingerprint density at radius 2 is 1.65 bits per heavy atom. The molecule has 23 heavy (non-hydrogen) atoms. The number of methoxy groups -OCH3 is 2. The van der Waals surface area contributed by atoms with Crippen LogP contribution in [0.4, 0.5) is 0 Å². The van der Waals surface area contributed by atoms with E-state index < -0.39 is 0 Å². The van der Waals surface area contributed by atoms with E-state index >= 15 is 0 Å². The van der Waals surface area contributed by atoms with Crippen LogP contribution < -0.4 is 5.32 Å². The molecule has 6 nitrogen and oxygen atoms in total. The molecule has 7 heteroatoms. The van der Waals surface area contributed by atoms with Crippen molar-refractivity contribution in [3.8, 4) is 0 Å². The Hall–Kier alpha value is -1.63. The second-order valence-electron chi connectivity index (χ2n) is 4.88. The largest absolute Gasteiger partial charge is 0.383 e. The van der Waals surface area contributed by atoms with E-state index in [9.17, 15) is 9.59 Å². The lowest BCUT2D eigenvalue weighted by molar-refractivity contribution is -0.132. The average molecular weight is 343 g/mol. The first kappa shape index (κ1) is 19.4. The molecule has 1 N–H and O–H groups in total. The normalized spacial score (nSPS) is 10.4. The molecule has 0 saturated carbocycles. The molecule has 0 unspecified atom stereocenters. The highest BCUT2D eigenvalue weighted by Crippen LogP contribution is 2.09. The fourth-order valence-corrected chi connectivity index (χ4v) is 2.03. The molecule has 0 aromatic heterocycles. The molecule has 1 rings (SSSR count). The first-order chi connectivity index (χ1) is 11.1. The zero-order chi connectivity index (χ0) is 17.1. The van der Waals surface area contributed by atoms with Gasteiger partial charge in [-0.05, 0) is 24.3 Å². The number of rotatable bonds is 10. The molecule has 0 atom stereocenters. The van der Waals surface area contributed by atoms with Gasteiger partial charge in [-0.15, -0.1) is 0 Å². The Bertz CT molecular complexity index is 485. The van der Waals surface area contributed by atoms with Gasteiger partial charge in [0.15, 0.2) is 0 Å². The minimum atomic E-state index is -0.227. The number of hydrogen-bond donors (Lipinski definition) is 1. The monoisotopic (exact) mass is 342 g/mol. The Morgan fingerprint density at radius 1 is 1.09 bits per heavy atom. The van der Waals surface area contributed by atoms with Crippen LogP contribution in [0.25, 0.3) is 0 Å². The fraction of sp³-hybridized carbons (Fsp3) is 0.500. The molecule has 0 aliphatic rings. The van der Waals surface area contributed by atoms with Crippen LogP contribution in [0.3, 0.4) is 0 Å². The third kappa shape index (κ3) is 7.45. The molecule has 0 spiro atoms. The van der Waals surface area contributed by atoms with Crippen LogP contribution in [-0.2, 0) is 14.3 Å². The third-order valence-electron chi connectivity index (χ3n) is 3.21. The third-order valence-corrected chi connectivity index (χ3v) is 3.47. The molecule has 0 heterocycles. The molecule has 128 valence electrons. The van der Waals surface area contributed by atoms with Gasteiger partial charge >= 0.3 is 0 Å². The number of amides is 2. The molecule has 0 radical (unpaired) electrons. The summed E-state index contributed by atoms with van der Waals surface area (Å²) in [6.07, 6.45) is 0.229. The fourth-order valence-electron chi connectivity index (χ4n) is 1.91. The van der Waals surface area contributed by atoms with E-state index in [4.69, 9.17) is 21.1 Å². The maximum absolute atomic E-state index is 12.2. The Labute approximate surface area is 141 Å². The molecule has 0 fully saturated rings. The lowest BCUT2D eigenvalue weighted by Crippen LogP contribution is -2.38. The van der Waals surface area contributed by atoms with E-state index in [0.29, 0.717) is 36.9 Å². The molecule has 0 aliphatic carbocycles. The summed E-state index contributed by atoms with van der Waals surface area (Å²) in [7, 11) is 3.18. The van der Waals surface area contributed by atoms with Crippen molar-refractivity contribution in [1.82, 2.24) is 10.2 Å². The predicted octanol–water partition coefficient (Wildman–Crippen LogP) is 1.58. The van der Waals surface area contributed by atoms with Gasteiger partial charge in [0.1, 0.15) is 0 Å². The quantitative estimate of drug-likeness (QED) is 0.701. The molecule has 0 bridgehead atoms. The molecule has 1 aromatic carbocycles. The highest BCUT2D eigenvalue weighted by molar-refractivity contribution is 6.30. The summed E-state index contributed by atoms with van der Waals surface area (Å²) in [4.78, 5) is 25.8. The minimum Gasteiger partial charge on any atom is -0.383 e. The van der Waals surface area contributed by atoms with E-state index in [2.05, 4.69) is 5.32 Å². The average Bonchev–Trinajstić information content (AvgIpc) is 2.55. The summed E-state index contributed by atoms with van der Waals surface area (Å²) in [5.41, 5.74) is 0.512. The van der Waals surface area contributed by atoms with Gasteiger partial charge in [-0.25, -0.2) is 0 Å². The van der Waals surface area contributed by atoms with Crippen molar-refractivity contribution in [2.75, 3.05) is 47.1 Å². The topological polar surface area (TPSA) is 67.9 Å². The van der Waals surface area contributed by atoms with Gasteiger partial charge in [0.2, 0.25) is 5.91 Å². The highest BCUT2D eigenvalue weighted by atomic mass is 35.5. The van der Waals surface area contributed by atoms with Crippen LogP contribution in [0.15, 0.2) is 24.3 Å². The Balaban J connectivity index is 2.40. The lowest BCUT2D eigenvalue weighted by atomic mass is 10.2. The minimum absolute atomic E-state index is 0.0458. The van der Waals surface area contributed by atoms with Gasteiger partial charge in [0.05, 0.1) is 13.2 Å². The van der Waals surface area contributed by atoms with E-state index in [0.717, 1.165) is 0 Å². The second-order valence-corrected chi connectivity index (χ2v) is 5.32. The van der Waals surface area contributed by atoms with Gasteiger partial charge < -0.3 is 19.7 Å². The highest BCUT2D eigenvalue weighted by Gasteiger charge is 2.13. The van der Waals surface area contributed by atoms with Crippen molar-refractivity contribution in [2.45, 2.75) is 6.42 Å². The lowest BCUT2D eigenvalue weighted by Gasteiger charge is -2.22. The van der Waals surface area contributed by atoms with E-state index in [1.54, 1.807) is 43.4 Å². The molecule has 0 saturated heterocycles. The number of ether oxygens (including phenoxy) is 2. The van der Waals surface area contributed by atoms with Crippen molar-refractivity contribution in [1.29, 1.82) is 0 Å². The summed E-state index contributed by atoms with van der Waals surface area (Å²) >= 11 is 5.78. The van der Waals surface area contributed by atoms with E-state index in [1.807, 2.05) is 0 Å². The van der Waals surface area contributed by atoms with Gasteiger partial charge in [-0.3, -0.25) is 9.59 Å². The van der Waals surface area contributed by atoms with Crippen LogP contribution in [0, 0.1) is 0 Å². The van der Waals surface area contributed by atoms with Gasteiger partial charge in [0.25, 0.3) is 5.91 Å². The Kier molecular flexibility index (Phi) is 9.28. The molecule has 0 aliphatic heterocycles. The first-order valence-corrected chi connectivity index (χ1v) is 7.75. The number of nitrogens with one attached hydrogen (secondary N) is 1. The molecule has 1 aromatic rings. The molecule has 2 amide bonds. The smallest absolute Gasteiger partial charge is 0.251 e. The van der Waals surface area contributed by atoms with Crippen LogP contribution in [-0.4, -0.2) is 63.8 Å². The van der Waals surface area contributed by atoms with E-state index in [-0.39, 0.29) is 24.8 Å². The van der Waals surface area contributed by atoms with Crippen molar-refractivity contribution < 1.29 is 19.1 Å². The number of carbonyl (C=O) groups excluding carboxylic acids is 2. The zero-order valence-corrected chi connectivity index (χ0v) is 14.3. The molecular weight excluding hydrogens is 320 g/mol. The second kappa shape index (κ2) is 11.0.